The molecule has 0 spiro atoms. The van der Waals surface area contributed by atoms with Crippen LogP contribution >= 0.6 is 7.60 Å². The van der Waals surface area contributed by atoms with Crippen LogP contribution in [0.25, 0.3) is 10.8 Å². The van der Waals surface area contributed by atoms with Crippen molar-refractivity contribution in [2.45, 2.75) is 6.42 Å². The molecule has 0 aromatic heterocycles. The van der Waals surface area contributed by atoms with E-state index in [-0.39, 0.29) is 46.5 Å². The van der Waals surface area contributed by atoms with Gasteiger partial charge >= 0.3 is 29.3 Å². The molecule has 1 N–H and O–H groups in total. The van der Waals surface area contributed by atoms with Crippen LogP contribution in [0.1, 0.15) is 6.42 Å². The molecule has 7 heteroatoms. The standard InChI is InChI=1S/C14H12O3P.2ClH.Ti/c15-18(16,17-13-7-3-4-8-13)14-9-11-5-1-2-6-12(11)10-14;;;/h1-7,9-10H,8H2,(H,15,16);2*1H;/q-1;;;+3/p-2. The van der Waals surface area contributed by atoms with Gasteiger partial charge < -0.3 is 34.2 Å². The van der Waals surface area contributed by atoms with Crippen LogP contribution in [0, 0.1) is 0 Å². The van der Waals surface area contributed by atoms with Crippen LogP contribution in [0.3, 0.4) is 0 Å². The largest absolute Gasteiger partial charge is 3.00 e. The predicted octanol–water partition coefficient (Wildman–Crippen LogP) is -2.76. The van der Waals surface area contributed by atoms with Gasteiger partial charge in [-0.25, -0.2) is 4.57 Å². The second kappa shape index (κ2) is 8.29. The second-order valence-electron chi connectivity index (χ2n) is 4.22. The molecule has 1 aliphatic rings. The Balaban J connectivity index is 0.00000133. The van der Waals surface area contributed by atoms with Crippen molar-refractivity contribution in [3.63, 3.8) is 0 Å². The maximum absolute atomic E-state index is 12.2. The molecule has 1 radical (unpaired) electrons. The normalized spacial score (nSPS) is 15.2. The van der Waals surface area contributed by atoms with Crippen molar-refractivity contribution in [3.8, 4) is 0 Å². The molecule has 3 nitrogen and oxygen atoms in total. The molecule has 0 bridgehead atoms. The summed E-state index contributed by atoms with van der Waals surface area (Å²) in [6, 6.07) is 11.0. The number of benzene rings is 1. The van der Waals surface area contributed by atoms with Crippen molar-refractivity contribution >= 4 is 23.7 Å². The number of hydrogen-bond donors (Lipinski definition) is 1. The van der Waals surface area contributed by atoms with Crippen LogP contribution in [0.2, 0.25) is 0 Å². The van der Waals surface area contributed by atoms with Crippen LogP contribution in [0.4, 0.5) is 0 Å². The van der Waals surface area contributed by atoms with Gasteiger partial charge in [0, 0.05) is 6.42 Å². The van der Waals surface area contributed by atoms with E-state index in [1.807, 2.05) is 36.4 Å². The van der Waals surface area contributed by atoms with Crippen molar-refractivity contribution in [3.05, 3.63) is 60.4 Å². The molecule has 2 aromatic carbocycles. The third-order valence-corrected chi connectivity index (χ3v) is 4.30. The van der Waals surface area contributed by atoms with Crippen LogP contribution in [0.15, 0.2) is 60.4 Å². The molecule has 109 valence electrons. The Hall–Kier alpha value is -0.406. The van der Waals surface area contributed by atoms with Crippen LogP contribution in [0.5, 0.6) is 0 Å². The summed E-state index contributed by atoms with van der Waals surface area (Å²) in [6.45, 7) is 0. The van der Waals surface area contributed by atoms with Gasteiger partial charge in [-0.2, -0.15) is 6.07 Å². The Morgan fingerprint density at radius 1 is 1.24 bits per heavy atom. The first kappa shape index (κ1) is 20.6. The summed E-state index contributed by atoms with van der Waals surface area (Å²) in [5, 5.41) is 2.24. The molecular weight excluding hydrogens is 366 g/mol. The van der Waals surface area contributed by atoms with E-state index in [1.54, 1.807) is 18.2 Å². The number of fused-ring (bicyclic) bond motifs is 1. The third kappa shape index (κ3) is 4.53. The van der Waals surface area contributed by atoms with E-state index < -0.39 is 7.60 Å². The van der Waals surface area contributed by atoms with Gasteiger partial charge in [0.15, 0.2) is 0 Å². The van der Waals surface area contributed by atoms with E-state index >= 15 is 0 Å². The molecule has 0 heterocycles. The molecule has 1 unspecified atom stereocenters. The fourth-order valence-electron chi connectivity index (χ4n) is 2.00. The maximum Gasteiger partial charge on any atom is 3.00 e. The topological polar surface area (TPSA) is 46.5 Å². The maximum atomic E-state index is 12.2. The smallest absolute Gasteiger partial charge is 1.00 e. The Bertz CT molecular complexity index is 676. The summed E-state index contributed by atoms with van der Waals surface area (Å²) in [5.74, 6) is 0.533. The number of allylic oxidation sites excluding steroid dienone is 3. The summed E-state index contributed by atoms with van der Waals surface area (Å²) in [6.07, 6.45) is 5.99. The molecule has 1 aliphatic carbocycles. The molecule has 0 saturated heterocycles. The summed E-state index contributed by atoms with van der Waals surface area (Å²) < 4.78 is 17.4. The average molecular weight is 378 g/mol. The first-order valence-corrected chi connectivity index (χ1v) is 7.27. The SMILES string of the molecule is O=P(O)(OC1=CC=CC1)c1cc2ccccc2[cH-]1.[Cl-].[Cl-].[Ti+3]. The van der Waals surface area contributed by atoms with Gasteiger partial charge in [-0.3, -0.25) is 0 Å². The Labute approximate surface area is 150 Å². The van der Waals surface area contributed by atoms with Crippen molar-refractivity contribution < 1.29 is 60.5 Å². The zero-order chi connectivity index (χ0) is 12.6. The molecule has 0 aliphatic heterocycles. The first-order valence-electron chi connectivity index (χ1n) is 5.69. The van der Waals surface area contributed by atoms with Crippen LogP contribution in [-0.4, -0.2) is 4.89 Å². The second-order valence-corrected chi connectivity index (χ2v) is 5.96. The average Bonchev–Trinajstić information content (AvgIpc) is 2.96. The van der Waals surface area contributed by atoms with Crippen LogP contribution in [-0.2, 0) is 30.8 Å². The zero-order valence-electron chi connectivity index (χ0n) is 10.9. The van der Waals surface area contributed by atoms with Gasteiger partial charge in [0.1, 0.15) is 5.76 Å². The Morgan fingerprint density at radius 3 is 2.57 bits per heavy atom. The quantitative estimate of drug-likeness (QED) is 0.358. The molecule has 0 amide bonds. The molecule has 1 atom stereocenters. The van der Waals surface area contributed by atoms with E-state index in [2.05, 4.69) is 0 Å². The predicted molar refractivity (Wildman–Crippen MR) is 71.9 cm³/mol. The van der Waals surface area contributed by atoms with Crippen molar-refractivity contribution in [2.24, 2.45) is 0 Å². The minimum atomic E-state index is -3.77. The number of rotatable bonds is 3. The fourth-order valence-corrected chi connectivity index (χ4v) is 3.17. The molecule has 21 heavy (non-hydrogen) atoms. The van der Waals surface area contributed by atoms with Gasteiger partial charge in [-0.1, -0.05) is 18.2 Å². The summed E-state index contributed by atoms with van der Waals surface area (Å²) in [4.78, 5) is 10.0. The molecule has 0 saturated carbocycles. The van der Waals surface area contributed by atoms with E-state index in [9.17, 15) is 9.46 Å². The van der Waals surface area contributed by atoms with Crippen LogP contribution < -0.4 is 30.1 Å². The first-order chi connectivity index (χ1) is 8.65. The number of hydrogen-bond acceptors (Lipinski definition) is 2. The monoisotopic (exact) mass is 377 g/mol. The zero-order valence-corrected chi connectivity index (χ0v) is 14.8. The van der Waals surface area contributed by atoms with Gasteiger partial charge in [-0.15, -0.1) is 35.0 Å². The summed E-state index contributed by atoms with van der Waals surface area (Å²) in [7, 11) is -3.77. The van der Waals surface area contributed by atoms with E-state index in [0.717, 1.165) is 10.8 Å². The third-order valence-electron chi connectivity index (χ3n) is 2.91. The molecular formula is C14H12Cl2O3PTi. The summed E-state index contributed by atoms with van der Waals surface area (Å²) >= 11 is 0. The Kier molecular flexibility index (Phi) is 8.13. The minimum Gasteiger partial charge on any atom is -1.00 e. The van der Waals surface area contributed by atoms with E-state index in [1.165, 1.54) is 0 Å². The van der Waals surface area contributed by atoms with E-state index in [4.69, 9.17) is 4.52 Å². The fraction of sp³-hybridized carbons (Fsp3) is 0.0714. The molecule has 2 aromatic rings. The van der Waals surface area contributed by atoms with Crippen molar-refractivity contribution in [2.75, 3.05) is 0 Å². The van der Waals surface area contributed by atoms with Gasteiger partial charge in [0.25, 0.3) is 0 Å². The molecule has 3 rings (SSSR count). The van der Waals surface area contributed by atoms with Gasteiger partial charge in [0.2, 0.25) is 0 Å². The Morgan fingerprint density at radius 2 is 1.95 bits per heavy atom. The van der Waals surface area contributed by atoms with E-state index in [0.29, 0.717) is 17.5 Å². The summed E-state index contributed by atoms with van der Waals surface area (Å²) in [5.41, 5.74) is 0. The minimum absolute atomic E-state index is 0. The number of halogens is 2. The van der Waals surface area contributed by atoms with Gasteiger partial charge in [0.05, 0.1) is 0 Å². The van der Waals surface area contributed by atoms with Crippen molar-refractivity contribution in [1.29, 1.82) is 0 Å². The van der Waals surface area contributed by atoms with Gasteiger partial charge in [-0.05, 0) is 11.4 Å². The van der Waals surface area contributed by atoms with Crippen molar-refractivity contribution in [1.82, 2.24) is 0 Å². The molecule has 0 fully saturated rings.